The molecule has 59 heavy (non-hydrogen) atoms. The van der Waals surface area contributed by atoms with Gasteiger partial charge < -0.3 is 4.90 Å². The molecule has 0 spiro atoms. The van der Waals surface area contributed by atoms with Gasteiger partial charge in [-0.2, -0.15) is 0 Å². The molecule has 2 unspecified atom stereocenters. The summed E-state index contributed by atoms with van der Waals surface area (Å²) in [7, 11) is 0. The minimum atomic E-state index is -0.387. The Labute approximate surface area is 349 Å². The molecule has 1 aromatic heterocycles. The van der Waals surface area contributed by atoms with Crippen LogP contribution in [0.5, 0.6) is 0 Å². The van der Waals surface area contributed by atoms with Crippen molar-refractivity contribution in [2.45, 2.75) is 30.6 Å². The predicted molar refractivity (Wildman–Crippen MR) is 250 cm³/mol. The Hall–Kier alpha value is -6.74. The summed E-state index contributed by atoms with van der Waals surface area (Å²) in [4.78, 5) is 2.43. The molecule has 0 saturated heterocycles. The number of fused-ring (bicyclic) bond motifs is 9. The highest BCUT2D eigenvalue weighted by atomic mass is 32.1. The highest BCUT2D eigenvalue weighted by Gasteiger charge is 2.47. The Morgan fingerprint density at radius 2 is 1.34 bits per heavy atom. The molecule has 280 valence electrons. The van der Waals surface area contributed by atoms with Crippen molar-refractivity contribution >= 4 is 59.7 Å². The van der Waals surface area contributed by atoms with Gasteiger partial charge in [-0.25, -0.2) is 0 Å². The molecule has 0 N–H and O–H groups in total. The van der Waals surface area contributed by atoms with Crippen molar-refractivity contribution in [2.75, 3.05) is 4.90 Å². The zero-order chi connectivity index (χ0) is 38.9. The zero-order valence-electron chi connectivity index (χ0n) is 32.7. The van der Waals surface area contributed by atoms with Crippen molar-refractivity contribution in [1.29, 1.82) is 0 Å². The van der Waals surface area contributed by atoms with Gasteiger partial charge in [-0.05, 0) is 129 Å². The number of hydrogen-bond acceptors (Lipinski definition) is 2. The highest BCUT2D eigenvalue weighted by Crippen LogP contribution is 2.58. The SMILES string of the molecule is C1=CCC2C(=C1)C=C(c1ccc(N(c3ccccc3)c3cccc(C4(c5ccccc5)C5=C(C=CCC5)c5ccccc54)c3)cc1)c1ccc3c(sc4ccccc43)c12. The maximum Gasteiger partial charge on any atom is 0.0677 e. The van der Waals surface area contributed by atoms with Crippen molar-refractivity contribution < 1.29 is 0 Å². The summed E-state index contributed by atoms with van der Waals surface area (Å²) in [5, 5.41) is 2.73. The van der Waals surface area contributed by atoms with Crippen LogP contribution in [-0.2, 0) is 5.41 Å². The average molecular weight is 772 g/mol. The fourth-order valence-electron chi connectivity index (χ4n) is 10.7. The van der Waals surface area contributed by atoms with E-state index in [0.29, 0.717) is 5.92 Å². The van der Waals surface area contributed by atoms with Crippen LogP contribution in [0, 0.1) is 0 Å². The van der Waals surface area contributed by atoms with Crippen molar-refractivity contribution in [3.63, 3.8) is 0 Å². The molecule has 0 fully saturated rings. The van der Waals surface area contributed by atoms with Gasteiger partial charge in [-0.15, -0.1) is 11.3 Å². The van der Waals surface area contributed by atoms with E-state index in [1.165, 1.54) is 81.4 Å². The molecule has 4 aliphatic rings. The van der Waals surface area contributed by atoms with Gasteiger partial charge in [-0.1, -0.05) is 158 Å². The fraction of sp³-hybridized carbons (Fsp3) is 0.0877. The molecule has 1 nitrogen and oxygen atoms in total. The smallest absolute Gasteiger partial charge is 0.0677 e. The lowest BCUT2D eigenvalue weighted by Crippen LogP contribution is -2.30. The van der Waals surface area contributed by atoms with Crippen LogP contribution in [0.1, 0.15) is 64.1 Å². The number of rotatable bonds is 6. The third-order valence-corrected chi connectivity index (χ3v) is 14.4. The second kappa shape index (κ2) is 13.7. The lowest BCUT2D eigenvalue weighted by atomic mass is 9.65. The highest BCUT2D eigenvalue weighted by molar-refractivity contribution is 7.26. The number of benzene rings is 7. The van der Waals surface area contributed by atoms with Gasteiger partial charge in [-0.3, -0.25) is 0 Å². The van der Waals surface area contributed by atoms with E-state index in [2.05, 4.69) is 211 Å². The van der Waals surface area contributed by atoms with Gasteiger partial charge in [0.15, 0.2) is 0 Å². The van der Waals surface area contributed by atoms with E-state index in [1.54, 1.807) is 0 Å². The third kappa shape index (κ3) is 5.23. The molecule has 0 bridgehead atoms. The Balaban J connectivity index is 1.00. The van der Waals surface area contributed by atoms with E-state index < -0.39 is 0 Å². The Morgan fingerprint density at radius 3 is 2.22 bits per heavy atom. The average Bonchev–Trinajstić information content (AvgIpc) is 3.84. The standard InChI is InChI=1S/C57H41NS/c1-3-17-40(18-4-1)57(52-27-12-9-24-46(52)47-25-10-13-28-53(47)57)41-19-15-22-44(37-41)58(42-20-5-2-6-21-42)43-32-30-38(31-33-43)51-36-39-16-7-8-23-45(39)55-49(51)34-35-50-48-26-11-14-29-54(48)59-56(50)55/h1-12,14-22,24-27,29-37,45H,13,23,28H2. The Kier molecular flexibility index (Phi) is 7.96. The minimum absolute atomic E-state index is 0.373. The summed E-state index contributed by atoms with van der Waals surface area (Å²) in [6.45, 7) is 0. The zero-order valence-corrected chi connectivity index (χ0v) is 33.5. The van der Waals surface area contributed by atoms with Crippen LogP contribution >= 0.6 is 11.3 Å². The molecular formula is C57H41NS. The van der Waals surface area contributed by atoms with Gasteiger partial charge in [0.1, 0.15) is 0 Å². The summed E-state index contributed by atoms with van der Waals surface area (Å²) in [6, 6.07) is 63.4. The molecule has 2 heteroatoms. The molecule has 0 aliphatic heterocycles. The molecule has 4 aliphatic carbocycles. The molecule has 0 radical (unpaired) electrons. The van der Waals surface area contributed by atoms with Crippen LogP contribution < -0.4 is 4.90 Å². The van der Waals surface area contributed by atoms with Gasteiger partial charge >= 0.3 is 0 Å². The molecular weight excluding hydrogens is 731 g/mol. The molecule has 12 rings (SSSR count). The lowest BCUT2D eigenvalue weighted by Gasteiger charge is -2.37. The molecule has 1 heterocycles. The number of thiophene rings is 1. The van der Waals surface area contributed by atoms with Crippen LogP contribution in [0.3, 0.4) is 0 Å². The van der Waals surface area contributed by atoms with Crippen LogP contribution in [0.2, 0.25) is 0 Å². The second-order valence-electron chi connectivity index (χ2n) is 16.2. The first-order valence-electron chi connectivity index (χ1n) is 20.9. The topological polar surface area (TPSA) is 3.24 Å². The van der Waals surface area contributed by atoms with E-state index in [1.807, 2.05) is 11.3 Å². The van der Waals surface area contributed by atoms with E-state index in [4.69, 9.17) is 0 Å². The van der Waals surface area contributed by atoms with Gasteiger partial charge in [0.05, 0.1) is 5.41 Å². The normalized spacial score (nSPS) is 18.9. The van der Waals surface area contributed by atoms with Crippen molar-refractivity contribution in [2.24, 2.45) is 0 Å². The molecule has 0 amide bonds. The summed E-state index contributed by atoms with van der Waals surface area (Å²) in [6.07, 6.45) is 17.2. The Bertz CT molecular complexity index is 3120. The number of para-hydroxylation sites is 1. The van der Waals surface area contributed by atoms with Crippen molar-refractivity contribution in [3.8, 4) is 0 Å². The maximum absolute atomic E-state index is 2.46. The van der Waals surface area contributed by atoms with Crippen molar-refractivity contribution in [1.82, 2.24) is 0 Å². The van der Waals surface area contributed by atoms with Gasteiger partial charge in [0.2, 0.25) is 0 Å². The van der Waals surface area contributed by atoms with E-state index >= 15 is 0 Å². The van der Waals surface area contributed by atoms with Gasteiger partial charge in [0, 0.05) is 43.2 Å². The van der Waals surface area contributed by atoms with Crippen LogP contribution in [0.25, 0.3) is 31.3 Å². The van der Waals surface area contributed by atoms with E-state index in [9.17, 15) is 0 Å². The first-order valence-corrected chi connectivity index (χ1v) is 21.7. The summed E-state index contributed by atoms with van der Waals surface area (Å²) in [5.41, 5.74) is 18.0. The van der Waals surface area contributed by atoms with Crippen LogP contribution in [-0.4, -0.2) is 0 Å². The number of nitrogens with zero attached hydrogens (tertiary/aromatic N) is 1. The number of allylic oxidation sites excluding steroid dienone is 9. The van der Waals surface area contributed by atoms with E-state index in [-0.39, 0.29) is 5.41 Å². The largest absolute Gasteiger partial charge is 0.310 e. The summed E-state index contributed by atoms with van der Waals surface area (Å²) < 4.78 is 2.79. The second-order valence-corrected chi connectivity index (χ2v) is 17.3. The van der Waals surface area contributed by atoms with E-state index in [0.717, 1.165) is 36.3 Å². The first-order chi connectivity index (χ1) is 29.3. The number of hydrogen-bond donors (Lipinski definition) is 0. The minimum Gasteiger partial charge on any atom is -0.310 e. The predicted octanol–water partition coefficient (Wildman–Crippen LogP) is 15.4. The summed E-state index contributed by atoms with van der Waals surface area (Å²) in [5.74, 6) is 0.373. The molecule has 7 aromatic carbocycles. The molecule has 0 saturated carbocycles. The number of anilines is 3. The van der Waals surface area contributed by atoms with Crippen molar-refractivity contribution in [3.05, 3.63) is 256 Å². The molecule has 2 atom stereocenters. The third-order valence-electron chi connectivity index (χ3n) is 13.2. The monoisotopic (exact) mass is 771 g/mol. The fourth-order valence-corrected chi connectivity index (χ4v) is 12.0. The summed E-state index contributed by atoms with van der Waals surface area (Å²) >= 11 is 1.95. The molecule has 8 aromatic rings. The van der Waals surface area contributed by atoms with Crippen LogP contribution in [0.15, 0.2) is 217 Å². The van der Waals surface area contributed by atoms with Gasteiger partial charge in [0.25, 0.3) is 0 Å². The Morgan fingerprint density at radius 1 is 0.593 bits per heavy atom. The van der Waals surface area contributed by atoms with Crippen LogP contribution in [0.4, 0.5) is 17.1 Å². The first kappa shape index (κ1) is 34.3. The maximum atomic E-state index is 2.46. The quantitative estimate of drug-likeness (QED) is 0.163. The lowest BCUT2D eigenvalue weighted by molar-refractivity contribution is 0.696.